The SMILES string of the molecule is COc1ccc(-c2csc(NC(=O)CCC(=O)O)n2)cc1Cl. The number of carbonyl (C=O) groups is 2. The molecule has 0 unspecified atom stereocenters. The quantitative estimate of drug-likeness (QED) is 0.842. The van der Waals surface area contributed by atoms with Crippen molar-refractivity contribution in [3.05, 3.63) is 28.6 Å². The second-order valence-corrected chi connectivity index (χ2v) is 5.59. The standard InChI is InChI=1S/C14H13ClN2O4S/c1-21-11-3-2-8(6-9(11)15)10-7-22-14(16-10)17-12(18)4-5-13(19)20/h2-3,6-7H,4-5H2,1H3,(H,19,20)(H,16,17,18). The highest BCUT2D eigenvalue weighted by molar-refractivity contribution is 7.14. The smallest absolute Gasteiger partial charge is 0.303 e. The predicted molar refractivity (Wildman–Crippen MR) is 84.6 cm³/mol. The van der Waals surface area contributed by atoms with Crippen LogP contribution in [0.5, 0.6) is 5.75 Å². The van der Waals surface area contributed by atoms with E-state index in [0.717, 1.165) is 5.56 Å². The van der Waals surface area contributed by atoms with Crippen LogP contribution in [0.2, 0.25) is 5.02 Å². The minimum atomic E-state index is -1.01. The Labute approximate surface area is 135 Å². The van der Waals surface area contributed by atoms with Crippen LogP contribution >= 0.6 is 22.9 Å². The Bertz CT molecular complexity index is 702. The van der Waals surface area contributed by atoms with E-state index in [4.69, 9.17) is 21.4 Å². The Morgan fingerprint density at radius 3 is 2.82 bits per heavy atom. The molecule has 2 aromatic rings. The molecule has 0 atom stereocenters. The maximum absolute atomic E-state index is 11.6. The van der Waals surface area contributed by atoms with Gasteiger partial charge in [-0.05, 0) is 18.2 Å². The van der Waals surface area contributed by atoms with Crippen LogP contribution in [0.3, 0.4) is 0 Å². The molecule has 0 aliphatic rings. The summed E-state index contributed by atoms with van der Waals surface area (Å²) in [6.45, 7) is 0. The predicted octanol–water partition coefficient (Wildman–Crippen LogP) is 3.28. The Morgan fingerprint density at radius 1 is 1.41 bits per heavy atom. The lowest BCUT2D eigenvalue weighted by molar-refractivity contribution is -0.138. The third-order valence-corrected chi connectivity index (χ3v) is 3.82. The van der Waals surface area contributed by atoms with E-state index in [9.17, 15) is 9.59 Å². The lowest BCUT2D eigenvalue weighted by Crippen LogP contribution is -2.12. The minimum absolute atomic E-state index is 0.0847. The molecule has 0 bridgehead atoms. The highest BCUT2D eigenvalue weighted by Crippen LogP contribution is 2.31. The van der Waals surface area contributed by atoms with E-state index in [2.05, 4.69) is 10.3 Å². The van der Waals surface area contributed by atoms with Crippen LogP contribution in [0.1, 0.15) is 12.8 Å². The van der Waals surface area contributed by atoms with Crippen molar-refractivity contribution >= 4 is 39.9 Å². The van der Waals surface area contributed by atoms with Gasteiger partial charge in [-0.15, -0.1) is 11.3 Å². The van der Waals surface area contributed by atoms with Gasteiger partial charge < -0.3 is 15.2 Å². The van der Waals surface area contributed by atoms with Crippen LogP contribution in [0.15, 0.2) is 23.6 Å². The number of carbonyl (C=O) groups excluding carboxylic acids is 1. The molecule has 0 aliphatic carbocycles. The van der Waals surface area contributed by atoms with Crippen LogP contribution < -0.4 is 10.1 Å². The molecule has 6 nitrogen and oxygen atoms in total. The van der Waals surface area contributed by atoms with E-state index >= 15 is 0 Å². The highest BCUT2D eigenvalue weighted by atomic mass is 35.5. The average molecular weight is 341 g/mol. The number of aromatic nitrogens is 1. The summed E-state index contributed by atoms with van der Waals surface area (Å²) < 4.78 is 5.09. The van der Waals surface area contributed by atoms with Gasteiger partial charge in [0.25, 0.3) is 0 Å². The molecule has 1 heterocycles. The van der Waals surface area contributed by atoms with Crippen LogP contribution in [-0.4, -0.2) is 29.1 Å². The van der Waals surface area contributed by atoms with Crippen LogP contribution in [0, 0.1) is 0 Å². The zero-order valence-corrected chi connectivity index (χ0v) is 13.2. The average Bonchev–Trinajstić information content (AvgIpc) is 2.93. The van der Waals surface area contributed by atoms with E-state index < -0.39 is 5.97 Å². The summed E-state index contributed by atoms with van der Waals surface area (Å²) in [6.07, 6.45) is -0.295. The molecular weight excluding hydrogens is 328 g/mol. The fraction of sp³-hybridized carbons (Fsp3) is 0.214. The number of hydrogen-bond donors (Lipinski definition) is 2. The van der Waals surface area contributed by atoms with Crippen LogP contribution in [0.25, 0.3) is 11.3 Å². The third kappa shape index (κ3) is 4.19. The largest absolute Gasteiger partial charge is 0.495 e. The van der Waals surface area contributed by atoms with Crippen molar-refractivity contribution in [2.75, 3.05) is 12.4 Å². The van der Waals surface area contributed by atoms with Gasteiger partial charge in [0.2, 0.25) is 5.91 Å². The number of nitrogens with one attached hydrogen (secondary N) is 1. The van der Waals surface area contributed by atoms with Gasteiger partial charge >= 0.3 is 5.97 Å². The van der Waals surface area contributed by atoms with E-state index in [-0.39, 0.29) is 18.7 Å². The molecule has 1 aromatic carbocycles. The first-order valence-corrected chi connectivity index (χ1v) is 7.56. The lowest BCUT2D eigenvalue weighted by Gasteiger charge is -2.04. The van der Waals surface area contributed by atoms with E-state index in [1.165, 1.54) is 18.4 Å². The monoisotopic (exact) mass is 340 g/mol. The van der Waals surface area contributed by atoms with Crippen molar-refractivity contribution in [3.63, 3.8) is 0 Å². The third-order valence-electron chi connectivity index (χ3n) is 2.76. The first-order valence-electron chi connectivity index (χ1n) is 6.30. The number of rotatable bonds is 6. The molecule has 0 aliphatic heterocycles. The van der Waals surface area contributed by atoms with Crippen molar-refractivity contribution in [2.24, 2.45) is 0 Å². The maximum Gasteiger partial charge on any atom is 0.303 e. The van der Waals surface area contributed by atoms with Gasteiger partial charge in [-0.1, -0.05) is 11.6 Å². The van der Waals surface area contributed by atoms with Crippen molar-refractivity contribution in [1.82, 2.24) is 4.98 Å². The number of halogens is 1. The molecule has 1 amide bonds. The molecular formula is C14H13ClN2O4S. The number of amides is 1. The fourth-order valence-corrected chi connectivity index (χ4v) is 2.69. The Hall–Kier alpha value is -2.12. The summed E-state index contributed by atoms with van der Waals surface area (Å²) >= 11 is 7.32. The van der Waals surface area contributed by atoms with Gasteiger partial charge in [-0.2, -0.15) is 0 Å². The van der Waals surface area contributed by atoms with Gasteiger partial charge in [0.1, 0.15) is 5.75 Å². The Balaban J connectivity index is 2.06. The number of hydrogen-bond acceptors (Lipinski definition) is 5. The van der Waals surface area contributed by atoms with Crippen molar-refractivity contribution in [3.8, 4) is 17.0 Å². The van der Waals surface area contributed by atoms with E-state index in [1.807, 2.05) is 6.07 Å². The molecule has 0 spiro atoms. The Morgan fingerprint density at radius 2 is 2.18 bits per heavy atom. The van der Waals surface area contributed by atoms with Gasteiger partial charge in [0.15, 0.2) is 5.13 Å². The molecule has 0 saturated heterocycles. The Kier molecular flexibility index (Phi) is 5.35. The molecule has 0 fully saturated rings. The number of thiazole rings is 1. The highest BCUT2D eigenvalue weighted by Gasteiger charge is 2.11. The second kappa shape index (κ2) is 7.24. The van der Waals surface area contributed by atoms with Gasteiger partial charge in [0, 0.05) is 17.4 Å². The van der Waals surface area contributed by atoms with Crippen molar-refractivity contribution in [2.45, 2.75) is 12.8 Å². The molecule has 2 N–H and O–H groups in total. The summed E-state index contributed by atoms with van der Waals surface area (Å²) in [4.78, 5) is 26.3. The number of carboxylic acid groups (broad SMARTS) is 1. The summed E-state index contributed by atoms with van der Waals surface area (Å²) in [7, 11) is 1.54. The molecule has 8 heteroatoms. The summed E-state index contributed by atoms with van der Waals surface area (Å²) in [5.74, 6) is -0.818. The zero-order valence-electron chi connectivity index (χ0n) is 11.6. The summed E-state index contributed by atoms with van der Waals surface area (Å²) in [5.41, 5.74) is 1.47. The van der Waals surface area contributed by atoms with Gasteiger partial charge in [0.05, 0.1) is 24.2 Å². The molecule has 22 heavy (non-hydrogen) atoms. The van der Waals surface area contributed by atoms with Gasteiger partial charge in [-0.25, -0.2) is 4.98 Å². The molecule has 2 rings (SSSR count). The van der Waals surface area contributed by atoms with Gasteiger partial charge in [-0.3, -0.25) is 9.59 Å². The minimum Gasteiger partial charge on any atom is -0.495 e. The molecule has 0 saturated carbocycles. The maximum atomic E-state index is 11.6. The van der Waals surface area contributed by atoms with Crippen LogP contribution in [-0.2, 0) is 9.59 Å². The van der Waals surface area contributed by atoms with Crippen LogP contribution in [0.4, 0.5) is 5.13 Å². The number of anilines is 1. The fourth-order valence-electron chi connectivity index (χ4n) is 1.69. The summed E-state index contributed by atoms with van der Waals surface area (Å²) in [6, 6.07) is 5.28. The molecule has 1 aromatic heterocycles. The number of aliphatic carboxylic acids is 1. The second-order valence-electron chi connectivity index (χ2n) is 4.33. The number of nitrogens with zero attached hydrogens (tertiary/aromatic N) is 1. The normalized spacial score (nSPS) is 10.3. The summed E-state index contributed by atoms with van der Waals surface area (Å²) in [5, 5.41) is 13.8. The number of benzene rings is 1. The zero-order chi connectivity index (χ0) is 16.1. The lowest BCUT2D eigenvalue weighted by atomic mass is 10.2. The molecule has 116 valence electrons. The van der Waals surface area contributed by atoms with Crippen molar-refractivity contribution < 1.29 is 19.4 Å². The first kappa shape index (κ1) is 16.3. The van der Waals surface area contributed by atoms with E-state index in [1.54, 1.807) is 17.5 Å². The topological polar surface area (TPSA) is 88.5 Å². The first-order chi connectivity index (χ1) is 10.5. The molecule has 0 radical (unpaired) electrons. The number of methoxy groups -OCH3 is 1. The van der Waals surface area contributed by atoms with Crippen molar-refractivity contribution in [1.29, 1.82) is 0 Å². The van der Waals surface area contributed by atoms with E-state index in [0.29, 0.717) is 21.6 Å². The number of carboxylic acids is 1. The number of ether oxygens (including phenoxy) is 1.